The van der Waals surface area contributed by atoms with Crippen molar-refractivity contribution in [3.05, 3.63) is 155 Å². The molecule has 2 amide bonds. The van der Waals surface area contributed by atoms with Gasteiger partial charge in [-0.15, -0.1) is 0 Å². The lowest BCUT2D eigenvalue weighted by Crippen LogP contribution is -2.46. The maximum atomic E-state index is 13.7. The average molecular weight is 629 g/mol. The van der Waals surface area contributed by atoms with E-state index in [9.17, 15) is 9.90 Å². The molecule has 0 aliphatic carbocycles. The quantitative estimate of drug-likeness (QED) is 0.148. The molecule has 240 valence electrons. The first-order valence-electron chi connectivity index (χ1n) is 16.0. The van der Waals surface area contributed by atoms with Crippen molar-refractivity contribution < 1.29 is 24.1 Å². The molecule has 1 atom stereocenters. The highest BCUT2D eigenvalue weighted by molar-refractivity contribution is 5.75. The highest BCUT2D eigenvalue weighted by Crippen LogP contribution is 2.40. The minimum absolute atomic E-state index is 0.0547. The van der Waals surface area contributed by atoms with Crippen LogP contribution in [0.2, 0.25) is 0 Å². The van der Waals surface area contributed by atoms with Gasteiger partial charge in [-0.2, -0.15) is 0 Å². The Balaban J connectivity index is 1.26. The van der Waals surface area contributed by atoms with Gasteiger partial charge in [-0.25, -0.2) is 4.79 Å². The normalized spacial score (nSPS) is 13.8. The van der Waals surface area contributed by atoms with E-state index in [1.165, 1.54) is 5.56 Å². The molecule has 0 spiro atoms. The van der Waals surface area contributed by atoms with Gasteiger partial charge in [-0.05, 0) is 76.9 Å². The van der Waals surface area contributed by atoms with Crippen LogP contribution < -0.4 is 19.5 Å². The number of fused-ring (bicyclic) bond motifs is 1. The van der Waals surface area contributed by atoms with E-state index in [1.54, 1.807) is 13.2 Å². The Kier molecular flexibility index (Phi) is 10.2. The summed E-state index contributed by atoms with van der Waals surface area (Å²) in [5.41, 5.74) is 6.23. The zero-order valence-corrected chi connectivity index (χ0v) is 26.6. The molecular formula is C40H40N2O5. The van der Waals surface area contributed by atoms with E-state index in [0.717, 1.165) is 34.2 Å². The number of carbonyl (C=O) groups excluding carboxylic acids is 1. The zero-order valence-electron chi connectivity index (χ0n) is 26.6. The van der Waals surface area contributed by atoms with E-state index in [1.807, 2.05) is 108 Å². The minimum atomic E-state index is -0.314. The third kappa shape index (κ3) is 8.05. The standard InChI is InChI=1S/C40H40N2O5/c1-45-38-25-33-20-22-42(40(44)41-21-19-29-11-5-2-6-12-29)35(34(33)26-36(38)43)23-32-17-18-37(46-27-30-13-7-3-8-14-30)39(24-32)47-28-31-15-9-4-10-16-31/h2-18,24-26,35,43H,19-23,27-28H2,1H3,(H,41,44). The molecule has 1 unspecified atom stereocenters. The number of rotatable bonds is 12. The van der Waals surface area contributed by atoms with Gasteiger partial charge in [-0.3, -0.25) is 0 Å². The predicted molar refractivity (Wildman–Crippen MR) is 183 cm³/mol. The highest BCUT2D eigenvalue weighted by atomic mass is 16.5. The molecule has 1 heterocycles. The Morgan fingerprint density at radius 3 is 2.00 bits per heavy atom. The number of benzene rings is 5. The summed E-state index contributed by atoms with van der Waals surface area (Å²) in [6.07, 6.45) is 1.92. The summed E-state index contributed by atoms with van der Waals surface area (Å²) in [7, 11) is 1.55. The summed E-state index contributed by atoms with van der Waals surface area (Å²) in [6.45, 7) is 1.87. The van der Waals surface area contributed by atoms with Crippen LogP contribution in [-0.4, -0.2) is 36.2 Å². The molecule has 6 rings (SSSR count). The summed E-state index contributed by atoms with van der Waals surface area (Å²) in [5.74, 6) is 1.77. The van der Waals surface area contributed by atoms with Gasteiger partial charge in [0, 0.05) is 13.1 Å². The van der Waals surface area contributed by atoms with Gasteiger partial charge in [0.05, 0.1) is 13.2 Å². The largest absolute Gasteiger partial charge is 0.504 e. The van der Waals surface area contributed by atoms with Crippen molar-refractivity contribution in [1.82, 2.24) is 10.2 Å². The van der Waals surface area contributed by atoms with Crippen LogP contribution in [0.25, 0.3) is 0 Å². The first-order chi connectivity index (χ1) is 23.1. The van der Waals surface area contributed by atoms with Crippen LogP contribution >= 0.6 is 0 Å². The number of phenols is 1. The number of hydrogen-bond donors (Lipinski definition) is 2. The van der Waals surface area contributed by atoms with Gasteiger partial charge in [0.25, 0.3) is 0 Å². The van der Waals surface area contributed by atoms with E-state index in [4.69, 9.17) is 14.2 Å². The summed E-state index contributed by atoms with van der Waals surface area (Å²) >= 11 is 0. The van der Waals surface area contributed by atoms with E-state index < -0.39 is 0 Å². The van der Waals surface area contributed by atoms with Gasteiger partial charge in [-0.1, -0.05) is 97.1 Å². The van der Waals surface area contributed by atoms with E-state index in [0.29, 0.717) is 56.4 Å². The Bertz CT molecular complexity index is 1760. The number of phenolic OH excluding ortho intramolecular Hbond substituents is 1. The lowest BCUT2D eigenvalue weighted by molar-refractivity contribution is 0.168. The molecule has 0 radical (unpaired) electrons. The number of nitrogens with one attached hydrogen (secondary N) is 1. The Labute approximate surface area is 276 Å². The molecule has 1 aliphatic heterocycles. The molecular weight excluding hydrogens is 588 g/mol. The number of carbonyl (C=O) groups is 1. The molecule has 0 aromatic heterocycles. The first kappa shape index (κ1) is 31.5. The second-order valence-corrected chi connectivity index (χ2v) is 11.7. The molecule has 0 saturated heterocycles. The monoisotopic (exact) mass is 628 g/mol. The van der Waals surface area contributed by atoms with Crippen LogP contribution in [0.4, 0.5) is 4.79 Å². The van der Waals surface area contributed by atoms with Crippen LogP contribution in [0.3, 0.4) is 0 Å². The summed E-state index contributed by atoms with van der Waals surface area (Å²) < 4.78 is 18.0. The first-order valence-corrected chi connectivity index (χ1v) is 16.0. The van der Waals surface area contributed by atoms with Crippen molar-refractivity contribution in [2.75, 3.05) is 20.2 Å². The smallest absolute Gasteiger partial charge is 0.317 e. The summed E-state index contributed by atoms with van der Waals surface area (Å²) in [6, 6.07) is 39.3. The molecule has 1 aliphatic rings. The maximum absolute atomic E-state index is 13.7. The molecule has 2 N–H and O–H groups in total. The van der Waals surface area contributed by atoms with Crippen LogP contribution in [-0.2, 0) is 32.5 Å². The van der Waals surface area contributed by atoms with E-state index >= 15 is 0 Å². The van der Waals surface area contributed by atoms with Crippen molar-refractivity contribution in [2.24, 2.45) is 0 Å². The van der Waals surface area contributed by atoms with Crippen molar-refractivity contribution in [3.63, 3.8) is 0 Å². The fourth-order valence-electron chi connectivity index (χ4n) is 6.01. The zero-order chi connectivity index (χ0) is 32.4. The molecule has 47 heavy (non-hydrogen) atoms. The molecule has 0 bridgehead atoms. The Hall–Kier alpha value is -5.43. The third-order valence-electron chi connectivity index (χ3n) is 8.50. The second-order valence-electron chi connectivity index (χ2n) is 11.7. The van der Waals surface area contributed by atoms with Crippen molar-refractivity contribution in [1.29, 1.82) is 0 Å². The SMILES string of the molecule is COc1cc2c(cc1O)C(Cc1ccc(OCc3ccccc3)c(OCc3ccccc3)c1)N(C(=O)NCCc1ccccc1)CC2. The van der Waals surface area contributed by atoms with E-state index in [-0.39, 0.29) is 17.8 Å². The van der Waals surface area contributed by atoms with Crippen molar-refractivity contribution in [2.45, 2.75) is 38.5 Å². The van der Waals surface area contributed by atoms with Crippen LogP contribution in [0.5, 0.6) is 23.0 Å². The predicted octanol–water partition coefficient (Wildman–Crippen LogP) is 7.65. The number of nitrogens with zero attached hydrogens (tertiary/aromatic N) is 1. The minimum Gasteiger partial charge on any atom is -0.504 e. The fourth-order valence-corrected chi connectivity index (χ4v) is 6.01. The molecule has 0 saturated carbocycles. The second kappa shape index (κ2) is 15.2. The topological polar surface area (TPSA) is 80.3 Å². The van der Waals surface area contributed by atoms with Gasteiger partial charge >= 0.3 is 6.03 Å². The lowest BCUT2D eigenvalue weighted by Gasteiger charge is -2.38. The fraction of sp³-hybridized carbons (Fsp3) is 0.225. The molecule has 0 fully saturated rings. The van der Waals surface area contributed by atoms with Gasteiger partial charge in [0.1, 0.15) is 13.2 Å². The summed E-state index contributed by atoms with van der Waals surface area (Å²) in [4.78, 5) is 15.6. The number of methoxy groups -OCH3 is 1. The van der Waals surface area contributed by atoms with Crippen LogP contribution in [0, 0.1) is 0 Å². The van der Waals surface area contributed by atoms with Gasteiger partial charge in [0.15, 0.2) is 23.0 Å². The molecule has 7 nitrogen and oxygen atoms in total. The van der Waals surface area contributed by atoms with Crippen LogP contribution in [0.15, 0.2) is 121 Å². The van der Waals surface area contributed by atoms with Crippen LogP contribution in [0.1, 0.15) is 39.4 Å². The van der Waals surface area contributed by atoms with Crippen molar-refractivity contribution >= 4 is 6.03 Å². The average Bonchev–Trinajstić information content (AvgIpc) is 3.11. The number of amides is 2. The maximum Gasteiger partial charge on any atom is 0.317 e. The molecule has 5 aromatic rings. The highest BCUT2D eigenvalue weighted by Gasteiger charge is 2.32. The molecule has 5 aromatic carbocycles. The summed E-state index contributed by atoms with van der Waals surface area (Å²) in [5, 5.41) is 13.9. The van der Waals surface area contributed by atoms with Gasteiger partial charge < -0.3 is 29.5 Å². The number of hydrogen-bond acceptors (Lipinski definition) is 5. The number of urea groups is 1. The lowest BCUT2D eigenvalue weighted by atomic mass is 9.88. The Morgan fingerprint density at radius 2 is 1.36 bits per heavy atom. The van der Waals surface area contributed by atoms with Gasteiger partial charge in [0.2, 0.25) is 0 Å². The van der Waals surface area contributed by atoms with Crippen molar-refractivity contribution in [3.8, 4) is 23.0 Å². The number of aromatic hydroxyl groups is 1. The Morgan fingerprint density at radius 1 is 0.745 bits per heavy atom. The number of ether oxygens (including phenoxy) is 3. The van der Waals surface area contributed by atoms with E-state index in [2.05, 4.69) is 17.4 Å². The third-order valence-corrected chi connectivity index (χ3v) is 8.50. The molecule has 7 heteroatoms.